The summed E-state index contributed by atoms with van der Waals surface area (Å²) in [5.41, 5.74) is 3.36. The maximum atomic E-state index is 4.73. The summed E-state index contributed by atoms with van der Waals surface area (Å²) in [7, 11) is -0.651. The average Bonchev–Trinajstić information content (AvgIpc) is 2.78. The van der Waals surface area contributed by atoms with Crippen LogP contribution >= 0.6 is 7.92 Å². The van der Waals surface area contributed by atoms with Gasteiger partial charge in [-0.2, -0.15) is 0 Å². The van der Waals surface area contributed by atoms with Crippen LogP contribution in [-0.2, 0) is 6.54 Å². The lowest BCUT2D eigenvalue weighted by Gasteiger charge is -2.21. The fourth-order valence-corrected chi connectivity index (χ4v) is 5.72. The van der Waals surface area contributed by atoms with Crippen LogP contribution in [-0.4, -0.2) is 11.2 Å². The zero-order valence-electron chi connectivity index (χ0n) is 16.4. The Morgan fingerprint density at radius 2 is 1.38 bits per heavy atom. The minimum absolute atomic E-state index is 0.593. The first kappa shape index (κ1) is 19.2. The fraction of sp³-hybridized carbons (Fsp3) is 0.0769. The molecule has 0 amide bonds. The van der Waals surface area contributed by atoms with Gasteiger partial charge < -0.3 is 0 Å². The molecule has 0 unspecified atom stereocenters. The van der Waals surface area contributed by atoms with Gasteiger partial charge in [-0.1, -0.05) is 91.0 Å². The Morgan fingerprint density at radius 3 is 2.03 bits per heavy atom. The molecule has 1 aromatic heterocycles. The smallest absolute Gasteiger partial charge is 0.0814 e. The predicted octanol–water partition coefficient (Wildman–Crippen LogP) is 4.77. The summed E-state index contributed by atoms with van der Waals surface area (Å²) in [6, 6.07) is 34.2. The van der Waals surface area contributed by atoms with Gasteiger partial charge in [-0.25, -0.2) is 0 Å². The first-order valence-electron chi connectivity index (χ1n) is 9.72. The van der Waals surface area contributed by atoms with E-state index in [1.165, 1.54) is 27.0 Å². The van der Waals surface area contributed by atoms with E-state index in [0.29, 0.717) is 6.54 Å². The number of rotatable bonds is 6. The summed E-state index contributed by atoms with van der Waals surface area (Å²) >= 11 is 0. The molecule has 0 aliphatic rings. The Morgan fingerprint density at radius 1 is 0.759 bits per heavy atom. The fourth-order valence-electron chi connectivity index (χ4n) is 3.30. The standard InChI is InChI=1S/C26H23N2P/c1-21-11-10-18-28-25(21)20-27-19-22-12-8-9-17-26(22)29(23-13-4-2-5-14-23)24-15-6-3-7-16-24/h2-19H,20H2,1H3. The molecule has 4 aromatic rings. The van der Waals surface area contributed by atoms with Crippen LogP contribution in [0, 0.1) is 6.92 Å². The maximum Gasteiger partial charge on any atom is 0.0814 e. The van der Waals surface area contributed by atoms with Gasteiger partial charge in [-0.3, -0.25) is 9.98 Å². The summed E-state index contributed by atoms with van der Waals surface area (Å²) in [6.45, 7) is 2.67. The molecule has 0 fully saturated rings. The molecule has 29 heavy (non-hydrogen) atoms. The number of nitrogens with zero attached hydrogens (tertiary/aromatic N) is 2. The van der Waals surface area contributed by atoms with Crippen LogP contribution in [0.5, 0.6) is 0 Å². The normalized spacial score (nSPS) is 11.2. The van der Waals surface area contributed by atoms with Crippen LogP contribution < -0.4 is 15.9 Å². The zero-order chi connectivity index (χ0) is 19.9. The van der Waals surface area contributed by atoms with E-state index in [2.05, 4.69) is 103 Å². The van der Waals surface area contributed by atoms with E-state index in [1.807, 2.05) is 18.5 Å². The molecule has 1 heterocycles. The van der Waals surface area contributed by atoms with E-state index in [1.54, 1.807) is 0 Å². The van der Waals surface area contributed by atoms with Gasteiger partial charge in [0.25, 0.3) is 0 Å². The number of hydrogen-bond donors (Lipinski definition) is 0. The summed E-state index contributed by atoms with van der Waals surface area (Å²) in [5.74, 6) is 0. The Kier molecular flexibility index (Phi) is 6.24. The number of benzene rings is 3. The van der Waals surface area contributed by atoms with Gasteiger partial charge in [0.15, 0.2) is 0 Å². The Balaban J connectivity index is 1.71. The third-order valence-electron chi connectivity index (χ3n) is 4.80. The summed E-state index contributed by atoms with van der Waals surface area (Å²) in [4.78, 5) is 9.18. The van der Waals surface area contributed by atoms with E-state index < -0.39 is 7.92 Å². The minimum atomic E-state index is -0.651. The van der Waals surface area contributed by atoms with Gasteiger partial charge in [0.1, 0.15) is 0 Å². The lowest BCUT2D eigenvalue weighted by molar-refractivity contribution is 0.973. The van der Waals surface area contributed by atoms with Crippen molar-refractivity contribution in [2.24, 2.45) is 4.99 Å². The number of hydrogen-bond acceptors (Lipinski definition) is 2. The van der Waals surface area contributed by atoms with Gasteiger partial charge in [-0.15, -0.1) is 0 Å². The van der Waals surface area contributed by atoms with Crippen LogP contribution in [0.1, 0.15) is 16.8 Å². The molecule has 0 aliphatic heterocycles. The van der Waals surface area contributed by atoms with Crippen LogP contribution in [0.2, 0.25) is 0 Å². The lowest BCUT2D eigenvalue weighted by Crippen LogP contribution is -2.23. The van der Waals surface area contributed by atoms with Crippen molar-refractivity contribution in [3.05, 3.63) is 120 Å². The largest absolute Gasteiger partial charge is 0.286 e. The molecule has 142 valence electrons. The quantitative estimate of drug-likeness (QED) is 0.342. The molecule has 0 N–H and O–H groups in total. The van der Waals surface area contributed by atoms with Crippen molar-refractivity contribution in [2.45, 2.75) is 13.5 Å². The van der Waals surface area contributed by atoms with Crippen molar-refractivity contribution in [1.29, 1.82) is 0 Å². The summed E-state index contributed by atoms with van der Waals surface area (Å²) in [6.07, 6.45) is 3.83. The van der Waals surface area contributed by atoms with E-state index in [4.69, 9.17) is 4.99 Å². The van der Waals surface area contributed by atoms with Crippen molar-refractivity contribution in [2.75, 3.05) is 0 Å². The second-order valence-corrected chi connectivity index (χ2v) is 8.99. The Labute approximate surface area is 173 Å². The van der Waals surface area contributed by atoms with Crippen LogP contribution in [0.15, 0.2) is 108 Å². The van der Waals surface area contributed by atoms with Crippen molar-refractivity contribution in [3.63, 3.8) is 0 Å². The molecule has 3 aromatic carbocycles. The summed E-state index contributed by atoms with van der Waals surface area (Å²) in [5, 5.41) is 4.01. The van der Waals surface area contributed by atoms with Gasteiger partial charge in [0.2, 0.25) is 0 Å². The van der Waals surface area contributed by atoms with Crippen molar-refractivity contribution in [1.82, 2.24) is 4.98 Å². The van der Waals surface area contributed by atoms with E-state index in [-0.39, 0.29) is 0 Å². The average molecular weight is 394 g/mol. The van der Waals surface area contributed by atoms with Crippen LogP contribution in [0.25, 0.3) is 0 Å². The number of aromatic nitrogens is 1. The SMILES string of the molecule is Cc1cccnc1CN=Cc1ccccc1P(c1ccccc1)c1ccccc1. The molecule has 0 saturated carbocycles. The molecule has 3 heteroatoms. The second-order valence-electron chi connectivity index (χ2n) is 6.80. The van der Waals surface area contributed by atoms with E-state index in [0.717, 1.165) is 5.69 Å². The lowest BCUT2D eigenvalue weighted by atomic mass is 10.2. The molecule has 0 aliphatic carbocycles. The van der Waals surface area contributed by atoms with Gasteiger partial charge in [0.05, 0.1) is 12.2 Å². The highest BCUT2D eigenvalue weighted by atomic mass is 31.1. The molecule has 0 spiro atoms. The van der Waals surface area contributed by atoms with Crippen molar-refractivity contribution >= 4 is 30.0 Å². The maximum absolute atomic E-state index is 4.73. The highest BCUT2D eigenvalue weighted by Gasteiger charge is 2.18. The molecule has 2 nitrogen and oxygen atoms in total. The molecule has 4 rings (SSSR count). The van der Waals surface area contributed by atoms with Gasteiger partial charge in [0, 0.05) is 18.0 Å². The van der Waals surface area contributed by atoms with Crippen LogP contribution in [0.4, 0.5) is 0 Å². The van der Waals surface area contributed by atoms with E-state index >= 15 is 0 Å². The zero-order valence-corrected chi connectivity index (χ0v) is 17.3. The van der Waals surface area contributed by atoms with Gasteiger partial charge in [-0.05, 0) is 42.4 Å². The molecule has 0 radical (unpaired) electrons. The third kappa shape index (κ3) is 4.67. The minimum Gasteiger partial charge on any atom is -0.286 e. The Hall–Kier alpha value is -3.09. The number of pyridine rings is 1. The molecule has 0 atom stereocenters. The van der Waals surface area contributed by atoms with Crippen molar-refractivity contribution < 1.29 is 0 Å². The highest BCUT2D eigenvalue weighted by molar-refractivity contribution is 7.80. The third-order valence-corrected chi connectivity index (χ3v) is 7.31. The molecule has 0 saturated heterocycles. The molecular weight excluding hydrogens is 371 g/mol. The predicted molar refractivity (Wildman–Crippen MR) is 125 cm³/mol. The van der Waals surface area contributed by atoms with Crippen LogP contribution in [0.3, 0.4) is 0 Å². The molecular formula is C26H23N2P. The Bertz CT molecular complexity index is 1050. The summed E-state index contributed by atoms with van der Waals surface area (Å²) < 4.78 is 0. The second kappa shape index (κ2) is 9.41. The van der Waals surface area contributed by atoms with E-state index in [9.17, 15) is 0 Å². The topological polar surface area (TPSA) is 25.2 Å². The monoisotopic (exact) mass is 394 g/mol. The van der Waals surface area contributed by atoms with Gasteiger partial charge >= 0.3 is 0 Å². The van der Waals surface area contributed by atoms with Crippen molar-refractivity contribution in [3.8, 4) is 0 Å². The first-order chi connectivity index (χ1) is 14.3. The number of aliphatic imine (C=N–C) groups is 1. The first-order valence-corrected chi connectivity index (χ1v) is 11.1. The molecule has 0 bridgehead atoms. The highest BCUT2D eigenvalue weighted by Crippen LogP contribution is 2.33. The number of aryl methyl sites for hydroxylation is 1.